The first kappa shape index (κ1) is 18.5. The lowest BCUT2D eigenvalue weighted by Crippen LogP contribution is -2.50. The Balaban J connectivity index is 0.00000324. The second-order valence-electron chi connectivity index (χ2n) is 4.88. The predicted molar refractivity (Wildman–Crippen MR) is 69.1 cm³/mol. The molecule has 8 heteroatoms. The summed E-state index contributed by atoms with van der Waals surface area (Å²) in [6.07, 6.45) is -2.52. The van der Waals surface area contributed by atoms with Crippen molar-refractivity contribution in [2.45, 2.75) is 32.0 Å². The van der Waals surface area contributed by atoms with E-state index >= 15 is 0 Å². The number of nitrogens with zero attached hydrogens (tertiary/aromatic N) is 1. The third-order valence-electron chi connectivity index (χ3n) is 3.20. The maximum atomic E-state index is 11.9. The van der Waals surface area contributed by atoms with E-state index in [0.29, 0.717) is 19.0 Å². The van der Waals surface area contributed by atoms with Crippen LogP contribution in [-0.4, -0.2) is 49.2 Å². The van der Waals surface area contributed by atoms with Gasteiger partial charge in [-0.25, -0.2) is 0 Å². The Morgan fingerprint density at radius 1 is 1.47 bits per heavy atom. The molecule has 4 nitrogen and oxygen atoms in total. The van der Waals surface area contributed by atoms with Crippen molar-refractivity contribution in [1.29, 1.82) is 0 Å². The van der Waals surface area contributed by atoms with Crippen LogP contribution in [-0.2, 0) is 4.79 Å². The van der Waals surface area contributed by atoms with Gasteiger partial charge in [0.25, 0.3) is 0 Å². The summed E-state index contributed by atoms with van der Waals surface area (Å²) in [7, 11) is 0. The molecule has 2 atom stereocenters. The number of likely N-dealkylation sites (tertiary alicyclic amines) is 1. The fourth-order valence-electron chi connectivity index (χ4n) is 2.19. The van der Waals surface area contributed by atoms with Crippen LogP contribution in [0.5, 0.6) is 0 Å². The minimum absolute atomic E-state index is 0. The molecule has 19 heavy (non-hydrogen) atoms. The van der Waals surface area contributed by atoms with Crippen LogP contribution in [0.1, 0.15) is 19.8 Å². The Hall–Kier alpha value is -0.530. The van der Waals surface area contributed by atoms with Crippen LogP contribution in [0.15, 0.2) is 0 Å². The van der Waals surface area contributed by atoms with Gasteiger partial charge in [0.05, 0.1) is 6.54 Å². The number of halogens is 4. The van der Waals surface area contributed by atoms with Gasteiger partial charge in [-0.3, -0.25) is 9.69 Å². The number of alkyl halides is 3. The largest absolute Gasteiger partial charge is 0.405 e. The van der Waals surface area contributed by atoms with Crippen LogP contribution >= 0.6 is 12.4 Å². The van der Waals surface area contributed by atoms with Crippen molar-refractivity contribution in [1.82, 2.24) is 10.2 Å². The minimum Gasteiger partial charge on any atom is -0.346 e. The van der Waals surface area contributed by atoms with Gasteiger partial charge in [0, 0.05) is 12.6 Å². The molecule has 1 aliphatic heterocycles. The van der Waals surface area contributed by atoms with E-state index in [0.717, 1.165) is 12.8 Å². The number of amides is 1. The number of hydrogen-bond donors (Lipinski definition) is 2. The molecule has 0 aromatic carbocycles. The van der Waals surface area contributed by atoms with Gasteiger partial charge < -0.3 is 11.1 Å². The molecule has 1 fully saturated rings. The summed E-state index contributed by atoms with van der Waals surface area (Å²) in [4.78, 5) is 13.3. The van der Waals surface area contributed by atoms with Crippen LogP contribution < -0.4 is 11.1 Å². The number of nitrogens with one attached hydrogen (secondary N) is 1. The van der Waals surface area contributed by atoms with E-state index in [2.05, 4.69) is 6.92 Å². The summed E-state index contributed by atoms with van der Waals surface area (Å²) < 4.78 is 35.8. The highest BCUT2D eigenvalue weighted by molar-refractivity contribution is 5.85. The van der Waals surface area contributed by atoms with Crippen LogP contribution in [0.4, 0.5) is 13.2 Å². The zero-order valence-electron chi connectivity index (χ0n) is 10.9. The molecule has 2 unspecified atom stereocenters. The molecule has 0 bridgehead atoms. The van der Waals surface area contributed by atoms with E-state index in [1.54, 1.807) is 0 Å². The van der Waals surface area contributed by atoms with E-state index in [1.807, 2.05) is 10.2 Å². The second-order valence-corrected chi connectivity index (χ2v) is 4.88. The van der Waals surface area contributed by atoms with E-state index in [9.17, 15) is 18.0 Å². The fraction of sp³-hybridized carbons (Fsp3) is 0.909. The Kier molecular flexibility index (Phi) is 7.69. The molecule has 1 rings (SSSR count). The first-order valence-corrected chi connectivity index (χ1v) is 6.09. The summed E-state index contributed by atoms with van der Waals surface area (Å²) in [6.45, 7) is 1.97. The van der Waals surface area contributed by atoms with Crippen molar-refractivity contribution in [3.8, 4) is 0 Å². The molecule has 0 aromatic rings. The van der Waals surface area contributed by atoms with Crippen molar-refractivity contribution in [3.05, 3.63) is 0 Å². The summed E-state index contributed by atoms with van der Waals surface area (Å²) in [5, 5.41) is 1.88. The van der Waals surface area contributed by atoms with Gasteiger partial charge in [-0.2, -0.15) is 13.2 Å². The van der Waals surface area contributed by atoms with Gasteiger partial charge in [-0.15, -0.1) is 12.4 Å². The average Bonchev–Trinajstić information content (AvgIpc) is 2.28. The third-order valence-corrected chi connectivity index (χ3v) is 3.20. The van der Waals surface area contributed by atoms with Crippen molar-refractivity contribution in [3.63, 3.8) is 0 Å². The zero-order valence-corrected chi connectivity index (χ0v) is 11.7. The maximum absolute atomic E-state index is 11.9. The molecular formula is C11H21ClF3N3O. The molecule has 1 aliphatic rings. The van der Waals surface area contributed by atoms with Gasteiger partial charge in [0.1, 0.15) is 6.54 Å². The molecule has 1 heterocycles. The van der Waals surface area contributed by atoms with Crippen molar-refractivity contribution in [2.24, 2.45) is 11.7 Å². The molecule has 0 saturated carbocycles. The molecule has 0 radical (unpaired) electrons. The normalized spacial score (nSPS) is 24.7. The quantitative estimate of drug-likeness (QED) is 0.819. The van der Waals surface area contributed by atoms with Gasteiger partial charge >= 0.3 is 6.18 Å². The third kappa shape index (κ3) is 6.98. The summed E-state index contributed by atoms with van der Waals surface area (Å²) in [5.41, 5.74) is 5.62. The first-order chi connectivity index (χ1) is 8.31. The van der Waals surface area contributed by atoms with Crippen molar-refractivity contribution in [2.75, 3.05) is 26.2 Å². The van der Waals surface area contributed by atoms with Crippen LogP contribution in [0.2, 0.25) is 0 Å². The lowest BCUT2D eigenvalue weighted by atomic mass is 9.92. The van der Waals surface area contributed by atoms with E-state index in [1.165, 1.54) is 0 Å². The van der Waals surface area contributed by atoms with Gasteiger partial charge in [-0.1, -0.05) is 6.92 Å². The van der Waals surface area contributed by atoms with Crippen molar-refractivity contribution >= 4 is 18.3 Å². The molecule has 114 valence electrons. The first-order valence-electron chi connectivity index (χ1n) is 6.09. The zero-order chi connectivity index (χ0) is 13.8. The fourth-order valence-corrected chi connectivity index (χ4v) is 2.19. The standard InChI is InChI=1S/C11H20F3N3O.ClH/c1-8-2-3-17(9(4-8)5-15)6-10(18)16-7-11(12,13)14;/h8-9H,2-7,15H2,1H3,(H,16,18);1H. The van der Waals surface area contributed by atoms with Crippen LogP contribution in [0.3, 0.4) is 0 Å². The monoisotopic (exact) mass is 303 g/mol. The molecule has 0 aromatic heterocycles. The number of nitrogens with two attached hydrogens (primary N) is 1. The van der Waals surface area contributed by atoms with E-state index < -0.39 is 18.6 Å². The van der Waals surface area contributed by atoms with Gasteiger partial charge in [-0.05, 0) is 25.3 Å². The summed E-state index contributed by atoms with van der Waals surface area (Å²) in [6, 6.07) is 0.0883. The molecule has 1 saturated heterocycles. The highest BCUT2D eigenvalue weighted by Gasteiger charge is 2.30. The number of piperidine rings is 1. The molecule has 0 aliphatic carbocycles. The predicted octanol–water partition coefficient (Wildman–Crippen LogP) is 1.15. The Labute approximate surface area is 117 Å². The number of rotatable bonds is 4. The van der Waals surface area contributed by atoms with E-state index in [-0.39, 0.29) is 25.0 Å². The highest BCUT2D eigenvalue weighted by atomic mass is 35.5. The number of hydrogen-bond acceptors (Lipinski definition) is 3. The number of carbonyl (C=O) groups excluding carboxylic acids is 1. The van der Waals surface area contributed by atoms with Crippen LogP contribution in [0, 0.1) is 5.92 Å². The Morgan fingerprint density at radius 2 is 2.11 bits per heavy atom. The molecule has 3 N–H and O–H groups in total. The summed E-state index contributed by atoms with van der Waals surface area (Å²) in [5.74, 6) is -0.0478. The van der Waals surface area contributed by atoms with Crippen molar-refractivity contribution < 1.29 is 18.0 Å². The molecule has 1 amide bonds. The second kappa shape index (κ2) is 7.91. The average molecular weight is 304 g/mol. The number of carbonyl (C=O) groups is 1. The lowest BCUT2D eigenvalue weighted by molar-refractivity contribution is -0.139. The van der Waals surface area contributed by atoms with Gasteiger partial charge in [0.2, 0.25) is 5.91 Å². The molecule has 0 spiro atoms. The topological polar surface area (TPSA) is 58.4 Å². The Bertz CT molecular complexity index is 289. The summed E-state index contributed by atoms with van der Waals surface area (Å²) >= 11 is 0. The van der Waals surface area contributed by atoms with Crippen LogP contribution in [0.25, 0.3) is 0 Å². The van der Waals surface area contributed by atoms with Gasteiger partial charge in [0.15, 0.2) is 0 Å². The minimum atomic E-state index is -4.36. The van der Waals surface area contributed by atoms with E-state index in [4.69, 9.17) is 5.73 Å². The lowest BCUT2D eigenvalue weighted by Gasteiger charge is -2.37. The highest BCUT2D eigenvalue weighted by Crippen LogP contribution is 2.21. The SMILES string of the molecule is CC1CCN(CC(=O)NCC(F)(F)F)C(CN)C1.Cl. The smallest absolute Gasteiger partial charge is 0.346 e. The molecular weight excluding hydrogens is 283 g/mol. The maximum Gasteiger partial charge on any atom is 0.405 e. The Morgan fingerprint density at radius 3 is 2.63 bits per heavy atom.